The van der Waals surface area contributed by atoms with Crippen molar-refractivity contribution in [3.8, 4) is 11.5 Å². The number of amides is 1. The van der Waals surface area contributed by atoms with Crippen molar-refractivity contribution in [2.24, 2.45) is 0 Å². The van der Waals surface area contributed by atoms with Gasteiger partial charge in [0.25, 0.3) is 0 Å². The minimum atomic E-state index is -0.0843. The Morgan fingerprint density at radius 1 is 1.08 bits per heavy atom. The van der Waals surface area contributed by atoms with Gasteiger partial charge in [-0.05, 0) is 42.4 Å². The number of rotatable bonds is 8. The Kier molecular flexibility index (Phi) is 7.57. The van der Waals surface area contributed by atoms with Crippen LogP contribution in [0.5, 0.6) is 11.5 Å². The summed E-state index contributed by atoms with van der Waals surface area (Å²) in [6, 6.07) is 10.9. The summed E-state index contributed by atoms with van der Waals surface area (Å²) < 4.78 is 10.5. The Hall–Kier alpha value is -1.95. The fourth-order valence-corrected chi connectivity index (χ4v) is 2.98. The monoisotopic (exact) mass is 396 g/mol. The summed E-state index contributed by atoms with van der Waals surface area (Å²) in [4.78, 5) is 14.1. The third-order valence-corrected chi connectivity index (χ3v) is 4.39. The van der Waals surface area contributed by atoms with Crippen LogP contribution in [0.4, 0.5) is 0 Å². The highest BCUT2D eigenvalue weighted by Crippen LogP contribution is 2.27. The fraction of sp³-hybridized carbons (Fsp3) is 0.316. The van der Waals surface area contributed by atoms with E-state index in [-0.39, 0.29) is 12.5 Å². The molecule has 0 aliphatic heterocycles. The predicted octanol–water partition coefficient (Wildman–Crippen LogP) is 3.76. The zero-order chi connectivity index (χ0) is 19.1. The van der Waals surface area contributed by atoms with Crippen LogP contribution in [0, 0.1) is 0 Å². The molecule has 0 saturated carbocycles. The minimum absolute atomic E-state index is 0.0843. The van der Waals surface area contributed by atoms with Crippen molar-refractivity contribution in [1.29, 1.82) is 0 Å². The molecular weight excluding hydrogens is 375 g/mol. The van der Waals surface area contributed by atoms with Crippen molar-refractivity contribution in [2.75, 3.05) is 27.8 Å². The molecule has 0 aliphatic rings. The van der Waals surface area contributed by atoms with Crippen LogP contribution in [0.2, 0.25) is 10.0 Å². The number of benzene rings is 2. The molecule has 0 unspecified atom stereocenters. The van der Waals surface area contributed by atoms with Crippen LogP contribution < -0.4 is 14.8 Å². The molecule has 0 aromatic heterocycles. The quantitative estimate of drug-likeness (QED) is 0.737. The van der Waals surface area contributed by atoms with Crippen LogP contribution in [0.3, 0.4) is 0 Å². The van der Waals surface area contributed by atoms with Crippen LogP contribution in [-0.2, 0) is 17.9 Å². The van der Waals surface area contributed by atoms with Gasteiger partial charge in [-0.1, -0.05) is 35.3 Å². The second-order valence-electron chi connectivity index (χ2n) is 5.87. The highest BCUT2D eigenvalue weighted by molar-refractivity contribution is 6.35. The molecule has 140 valence electrons. The molecule has 0 saturated heterocycles. The van der Waals surface area contributed by atoms with Crippen molar-refractivity contribution in [1.82, 2.24) is 10.2 Å². The van der Waals surface area contributed by atoms with E-state index in [1.165, 1.54) is 0 Å². The maximum Gasteiger partial charge on any atom is 0.234 e. The van der Waals surface area contributed by atoms with Gasteiger partial charge < -0.3 is 14.8 Å². The van der Waals surface area contributed by atoms with E-state index < -0.39 is 0 Å². The molecule has 0 radical (unpaired) electrons. The molecule has 5 nitrogen and oxygen atoms in total. The number of ether oxygens (including phenoxy) is 2. The van der Waals surface area contributed by atoms with Gasteiger partial charge >= 0.3 is 0 Å². The topological polar surface area (TPSA) is 50.8 Å². The first kappa shape index (κ1) is 20.4. The second-order valence-corrected chi connectivity index (χ2v) is 6.72. The van der Waals surface area contributed by atoms with E-state index in [4.69, 9.17) is 32.7 Å². The summed E-state index contributed by atoms with van der Waals surface area (Å²) in [7, 11) is 5.08. The fourth-order valence-electron chi connectivity index (χ4n) is 2.51. The Morgan fingerprint density at radius 2 is 1.81 bits per heavy atom. The number of hydrogen-bond donors (Lipinski definition) is 1. The predicted molar refractivity (Wildman–Crippen MR) is 104 cm³/mol. The van der Waals surface area contributed by atoms with Crippen LogP contribution in [-0.4, -0.2) is 38.6 Å². The lowest BCUT2D eigenvalue weighted by Gasteiger charge is -2.17. The maximum absolute atomic E-state index is 12.2. The van der Waals surface area contributed by atoms with E-state index in [2.05, 4.69) is 5.32 Å². The van der Waals surface area contributed by atoms with Gasteiger partial charge in [0.05, 0.1) is 20.8 Å². The lowest BCUT2D eigenvalue weighted by molar-refractivity contribution is -0.122. The number of methoxy groups -OCH3 is 2. The molecule has 2 rings (SSSR count). The van der Waals surface area contributed by atoms with Gasteiger partial charge in [-0.3, -0.25) is 9.69 Å². The molecular formula is C19H22Cl2N2O3. The Bertz CT molecular complexity index is 768. The molecule has 7 heteroatoms. The SMILES string of the molecule is COc1ccc(CN(C)CC(=O)NCc2ccc(Cl)cc2Cl)cc1OC. The van der Waals surface area contributed by atoms with Crippen LogP contribution in [0.1, 0.15) is 11.1 Å². The molecule has 0 fully saturated rings. The summed E-state index contributed by atoms with van der Waals surface area (Å²) in [5.74, 6) is 1.26. The first-order valence-corrected chi connectivity index (χ1v) is 8.78. The van der Waals surface area contributed by atoms with Crippen LogP contribution in [0.25, 0.3) is 0 Å². The summed E-state index contributed by atoms with van der Waals surface area (Å²) in [6.07, 6.45) is 0. The van der Waals surface area contributed by atoms with Crippen LogP contribution >= 0.6 is 23.2 Å². The first-order valence-electron chi connectivity index (χ1n) is 8.03. The van der Waals surface area contributed by atoms with Crippen molar-refractivity contribution in [2.45, 2.75) is 13.1 Å². The minimum Gasteiger partial charge on any atom is -0.493 e. The lowest BCUT2D eigenvalue weighted by atomic mass is 10.2. The van der Waals surface area contributed by atoms with Crippen molar-refractivity contribution in [3.05, 3.63) is 57.6 Å². The summed E-state index contributed by atoms with van der Waals surface area (Å²) in [6.45, 7) is 1.23. The van der Waals surface area contributed by atoms with Gasteiger partial charge in [-0.2, -0.15) is 0 Å². The zero-order valence-electron chi connectivity index (χ0n) is 15.0. The van der Waals surface area contributed by atoms with E-state index in [0.29, 0.717) is 34.6 Å². The molecule has 1 amide bonds. The summed E-state index contributed by atoms with van der Waals surface area (Å²) in [5.41, 5.74) is 1.85. The molecule has 2 aromatic rings. The van der Waals surface area contributed by atoms with Crippen LogP contribution in [0.15, 0.2) is 36.4 Å². The van der Waals surface area contributed by atoms with E-state index in [1.807, 2.05) is 30.1 Å². The van der Waals surface area contributed by atoms with Crippen molar-refractivity contribution >= 4 is 29.1 Å². The zero-order valence-corrected chi connectivity index (χ0v) is 16.5. The van der Waals surface area contributed by atoms with E-state index in [1.54, 1.807) is 32.4 Å². The maximum atomic E-state index is 12.2. The number of hydrogen-bond acceptors (Lipinski definition) is 4. The van der Waals surface area contributed by atoms with Gasteiger partial charge in [0.1, 0.15) is 0 Å². The number of carbonyl (C=O) groups excluding carboxylic acids is 1. The molecule has 0 atom stereocenters. The number of nitrogens with one attached hydrogen (secondary N) is 1. The third-order valence-electron chi connectivity index (χ3n) is 3.81. The molecule has 0 aliphatic carbocycles. The number of nitrogens with zero attached hydrogens (tertiary/aromatic N) is 1. The van der Waals surface area contributed by atoms with E-state index in [0.717, 1.165) is 11.1 Å². The van der Waals surface area contributed by atoms with E-state index in [9.17, 15) is 4.79 Å². The summed E-state index contributed by atoms with van der Waals surface area (Å²) >= 11 is 12.0. The first-order chi connectivity index (χ1) is 12.4. The average Bonchev–Trinajstić information content (AvgIpc) is 2.60. The molecule has 26 heavy (non-hydrogen) atoms. The molecule has 0 heterocycles. The molecule has 0 spiro atoms. The number of halogens is 2. The molecule has 1 N–H and O–H groups in total. The smallest absolute Gasteiger partial charge is 0.234 e. The summed E-state index contributed by atoms with van der Waals surface area (Å²) in [5, 5.41) is 3.97. The second kappa shape index (κ2) is 9.67. The van der Waals surface area contributed by atoms with Gasteiger partial charge in [0.2, 0.25) is 5.91 Å². The third kappa shape index (κ3) is 5.80. The highest BCUT2D eigenvalue weighted by Gasteiger charge is 2.10. The molecule has 0 bridgehead atoms. The largest absolute Gasteiger partial charge is 0.493 e. The average molecular weight is 397 g/mol. The molecule has 2 aromatic carbocycles. The highest BCUT2D eigenvalue weighted by atomic mass is 35.5. The van der Waals surface area contributed by atoms with Gasteiger partial charge in [0, 0.05) is 23.1 Å². The lowest BCUT2D eigenvalue weighted by Crippen LogP contribution is -2.34. The van der Waals surface area contributed by atoms with Crippen molar-refractivity contribution in [3.63, 3.8) is 0 Å². The van der Waals surface area contributed by atoms with E-state index >= 15 is 0 Å². The number of carbonyl (C=O) groups is 1. The van der Waals surface area contributed by atoms with Crippen molar-refractivity contribution < 1.29 is 14.3 Å². The van der Waals surface area contributed by atoms with Gasteiger partial charge in [-0.15, -0.1) is 0 Å². The Morgan fingerprint density at radius 3 is 2.46 bits per heavy atom. The van der Waals surface area contributed by atoms with Gasteiger partial charge in [-0.25, -0.2) is 0 Å². The Labute approximate surface area is 163 Å². The number of likely N-dealkylation sites (N-methyl/N-ethyl adjacent to an activating group) is 1. The normalized spacial score (nSPS) is 10.7. The Balaban J connectivity index is 1.87. The van der Waals surface area contributed by atoms with Gasteiger partial charge in [0.15, 0.2) is 11.5 Å². The standard InChI is InChI=1S/C19H22Cl2N2O3/c1-23(11-13-4-7-17(25-2)18(8-13)26-3)12-19(24)22-10-14-5-6-15(20)9-16(14)21/h4-9H,10-12H2,1-3H3,(H,22,24).